The number of ether oxygens (including phenoxy) is 1. The molecule has 118 valence electrons. The summed E-state index contributed by atoms with van der Waals surface area (Å²) in [4.78, 5) is 12.5. The minimum absolute atomic E-state index is 0.203. The fourth-order valence-electron chi connectivity index (χ4n) is 1.95. The number of aliphatic hydroxyl groups is 1. The molecule has 0 spiro atoms. The molecule has 6 heteroatoms. The first-order valence-electron chi connectivity index (χ1n) is 7.05. The van der Waals surface area contributed by atoms with Gasteiger partial charge in [-0.3, -0.25) is 0 Å². The average molecular weight is 320 g/mol. The van der Waals surface area contributed by atoms with Gasteiger partial charge in [-0.25, -0.2) is 4.79 Å². The number of amides is 2. The van der Waals surface area contributed by atoms with E-state index in [1.54, 1.807) is 7.11 Å². The summed E-state index contributed by atoms with van der Waals surface area (Å²) in [5.41, 5.74) is 1.12. The SMILES string of the molecule is COc1ccc(CCNC(=O)NCC(O)c2cccs2)cc1. The normalized spacial score (nSPS) is 11.7. The van der Waals surface area contributed by atoms with Gasteiger partial charge in [0.25, 0.3) is 0 Å². The maximum absolute atomic E-state index is 11.7. The molecule has 1 aromatic heterocycles. The standard InChI is InChI=1S/C16H20N2O3S/c1-21-13-6-4-12(5-7-13)8-9-17-16(20)18-11-14(19)15-3-2-10-22-15/h2-7,10,14,19H,8-9,11H2,1H3,(H2,17,18,20). The van der Waals surface area contributed by atoms with Crippen molar-refractivity contribution in [2.75, 3.05) is 20.2 Å². The van der Waals surface area contributed by atoms with Crippen molar-refractivity contribution in [2.24, 2.45) is 0 Å². The number of methoxy groups -OCH3 is 1. The van der Waals surface area contributed by atoms with Gasteiger partial charge < -0.3 is 20.5 Å². The Morgan fingerprint density at radius 2 is 2.05 bits per heavy atom. The van der Waals surface area contributed by atoms with Gasteiger partial charge in [-0.15, -0.1) is 11.3 Å². The lowest BCUT2D eigenvalue weighted by molar-refractivity contribution is 0.176. The number of carbonyl (C=O) groups excluding carboxylic acids is 1. The van der Waals surface area contributed by atoms with Crippen molar-refractivity contribution >= 4 is 17.4 Å². The van der Waals surface area contributed by atoms with Crippen LogP contribution in [-0.4, -0.2) is 31.3 Å². The lowest BCUT2D eigenvalue weighted by atomic mass is 10.1. The van der Waals surface area contributed by atoms with Crippen LogP contribution in [0.25, 0.3) is 0 Å². The largest absolute Gasteiger partial charge is 0.497 e. The monoisotopic (exact) mass is 320 g/mol. The molecule has 0 aliphatic carbocycles. The Morgan fingerprint density at radius 1 is 1.27 bits per heavy atom. The van der Waals surface area contributed by atoms with Crippen LogP contribution in [0.5, 0.6) is 5.75 Å². The number of aliphatic hydroxyl groups excluding tert-OH is 1. The lowest BCUT2D eigenvalue weighted by Gasteiger charge is -2.11. The highest BCUT2D eigenvalue weighted by Gasteiger charge is 2.09. The van der Waals surface area contributed by atoms with E-state index < -0.39 is 6.10 Å². The summed E-state index contributed by atoms with van der Waals surface area (Å²) in [6.07, 6.45) is 0.0811. The molecule has 0 saturated carbocycles. The summed E-state index contributed by atoms with van der Waals surface area (Å²) < 4.78 is 5.09. The van der Waals surface area contributed by atoms with Crippen molar-refractivity contribution in [1.82, 2.24) is 10.6 Å². The van der Waals surface area contributed by atoms with Crippen LogP contribution >= 0.6 is 11.3 Å². The van der Waals surface area contributed by atoms with Gasteiger partial charge in [0.05, 0.1) is 13.7 Å². The van der Waals surface area contributed by atoms with Crippen molar-refractivity contribution in [2.45, 2.75) is 12.5 Å². The first-order valence-corrected chi connectivity index (χ1v) is 7.93. The van der Waals surface area contributed by atoms with Crippen LogP contribution in [0.15, 0.2) is 41.8 Å². The second kappa shape index (κ2) is 8.41. The topological polar surface area (TPSA) is 70.6 Å². The highest BCUT2D eigenvalue weighted by Crippen LogP contribution is 2.17. The highest BCUT2D eigenvalue weighted by molar-refractivity contribution is 7.10. The Labute approximate surface area is 133 Å². The zero-order valence-electron chi connectivity index (χ0n) is 12.4. The molecule has 1 aromatic carbocycles. The third-order valence-corrected chi connectivity index (χ3v) is 4.16. The summed E-state index contributed by atoms with van der Waals surface area (Å²) in [7, 11) is 1.63. The Bertz CT molecular complexity index is 570. The molecule has 1 unspecified atom stereocenters. The van der Waals surface area contributed by atoms with Gasteiger partial charge in [0.2, 0.25) is 0 Å². The minimum Gasteiger partial charge on any atom is -0.497 e. The minimum atomic E-state index is -0.660. The van der Waals surface area contributed by atoms with E-state index in [1.165, 1.54) is 11.3 Å². The number of carbonyl (C=O) groups is 1. The molecule has 0 saturated heterocycles. The summed E-state index contributed by atoms with van der Waals surface area (Å²) in [5, 5.41) is 17.2. The Kier molecular flexibility index (Phi) is 6.24. The van der Waals surface area contributed by atoms with E-state index in [0.29, 0.717) is 6.54 Å². The average Bonchev–Trinajstić information content (AvgIpc) is 3.08. The maximum atomic E-state index is 11.7. The second-order valence-corrected chi connectivity index (χ2v) is 5.75. The number of hydrogen-bond donors (Lipinski definition) is 3. The van der Waals surface area contributed by atoms with Crippen molar-refractivity contribution < 1.29 is 14.6 Å². The molecule has 0 radical (unpaired) electrons. The van der Waals surface area contributed by atoms with Crippen LogP contribution in [0.4, 0.5) is 4.79 Å². The third-order valence-electron chi connectivity index (χ3n) is 3.19. The number of benzene rings is 1. The molecular weight excluding hydrogens is 300 g/mol. The molecule has 0 fully saturated rings. The molecule has 3 N–H and O–H groups in total. The van der Waals surface area contributed by atoms with Crippen LogP contribution in [0, 0.1) is 0 Å². The summed E-state index contributed by atoms with van der Waals surface area (Å²) in [6.45, 7) is 0.738. The van der Waals surface area contributed by atoms with Gasteiger partial charge in [0.1, 0.15) is 11.9 Å². The van der Waals surface area contributed by atoms with E-state index in [1.807, 2.05) is 41.8 Å². The predicted octanol–water partition coefficient (Wildman–Crippen LogP) is 2.33. The highest BCUT2D eigenvalue weighted by atomic mass is 32.1. The molecule has 0 aliphatic rings. The molecule has 2 aromatic rings. The fourth-order valence-corrected chi connectivity index (χ4v) is 2.66. The van der Waals surface area contributed by atoms with Crippen LogP contribution in [0.3, 0.4) is 0 Å². The molecule has 0 aliphatic heterocycles. The molecule has 2 rings (SSSR count). The van der Waals surface area contributed by atoms with Gasteiger partial charge in [0, 0.05) is 11.4 Å². The number of urea groups is 1. The van der Waals surface area contributed by atoms with Gasteiger partial charge in [0.15, 0.2) is 0 Å². The first-order chi connectivity index (χ1) is 10.7. The van der Waals surface area contributed by atoms with Crippen LogP contribution in [-0.2, 0) is 6.42 Å². The number of rotatable bonds is 7. The van der Waals surface area contributed by atoms with Gasteiger partial charge >= 0.3 is 6.03 Å². The fraction of sp³-hybridized carbons (Fsp3) is 0.312. The molecule has 1 heterocycles. The number of nitrogens with one attached hydrogen (secondary N) is 2. The van der Waals surface area contributed by atoms with E-state index in [2.05, 4.69) is 10.6 Å². The zero-order valence-corrected chi connectivity index (χ0v) is 13.2. The van der Waals surface area contributed by atoms with Gasteiger partial charge in [-0.05, 0) is 35.6 Å². The van der Waals surface area contributed by atoms with E-state index >= 15 is 0 Å². The van der Waals surface area contributed by atoms with E-state index in [0.717, 1.165) is 22.6 Å². The second-order valence-electron chi connectivity index (χ2n) is 4.77. The van der Waals surface area contributed by atoms with Gasteiger partial charge in [-0.1, -0.05) is 18.2 Å². The van der Waals surface area contributed by atoms with Crippen molar-refractivity contribution in [3.63, 3.8) is 0 Å². The van der Waals surface area contributed by atoms with Crippen LogP contribution in [0.2, 0.25) is 0 Å². The smallest absolute Gasteiger partial charge is 0.314 e. The summed E-state index contributed by atoms with van der Waals surface area (Å²) >= 11 is 1.47. The Hall–Kier alpha value is -2.05. The molecule has 5 nitrogen and oxygen atoms in total. The lowest BCUT2D eigenvalue weighted by Crippen LogP contribution is -2.38. The predicted molar refractivity (Wildman–Crippen MR) is 87.4 cm³/mol. The number of thiophene rings is 1. The van der Waals surface area contributed by atoms with Crippen LogP contribution < -0.4 is 15.4 Å². The number of hydrogen-bond acceptors (Lipinski definition) is 4. The molecular formula is C16H20N2O3S. The molecule has 22 heavy (non-hydrogen) atoms. The third kappa shape index (κ3) is 5.05. The molecule has 0 bridgehead atoms. The summed E-state index contributed by atoms with van der Waals surface area (Å²) in [5.74, 6) is 0.817. The van der Waals surface area contributed by atoms with Crippen molar-refractivity contribution in [1.29, 1.82) is 0 Å². The van der Waals surface area contributed by atoms with E-state index in [9.17, 15) is 9.90 Å². The van der Waals surface area contributed by atoms with E-state index in [-0.39, 0.29) is 12.6 Å². The first kappa shape index (κ1) is 16.3. The summed E-state index contributed by atoms with van der Waals surface area (Å²) in [6, 6.07) is 11.2. The van der Waals surface area contributed by atoms with Gasteiger partial charge in [-0.2, -0.15) is 0 Å². The molecule has 1 atom stereocenters. The Morgan fingerprint density at radius 3 is 2.68 bits per heavy atom. The van der Waals surface area contributed by atoms with E-state index in [4.69, 9.17) is 4.74 Å². The van der Waals surface area contributed by atoms with Crippen LogP contribution in [0.1, 0.15) is 16.5 Å². The molecule has 2 amide bonds. The maximum Gasteiger partial charge on any atom is 0.314 e. The quantitative estimate of drug-likeness (QED) is 0.733. The van der Waals surface area contributed by atoms with Crippen molar-refractivity contribution in [3.05, 3.63) is 52.2 Å². The van der Waals surface area contributed by atoms with Crippen molar-refractivity contribution in [3.8, 4) is 5.75 Å². The zero-order chi connectivity index (χ0) is 15.8. The Balaban J connectivity index is 1.65.